The molecule has 4 aliphatic rings. The summed E-state index contributed by atoms with van der Waals surface area (Å²) in [5, 5.41) is 11.6. The summed E-state index contributed by atoms with van der Waals surface area (Å²) < 4.78 is 10.7. The van der Waals surface area contributed by atoms with Gasteiger partial charge in [-0.1, -0.05) is 18.2 Å². The Morgan fingerprint density at radius 3 is 2.83 bits per heavy atom. The molecule has 30 heavy (non-hydrogen) atoms. The summed E-state index contributed by atoms with van der Waals surface area (Å²) in [6.45, 7) is 3.05. The highest BCUT2D eigenvalue weighted by Gasteiger charge is 2.56. The number of hydrogen-bond donors (Lipinski definition) is 1. The maximum absolute atomic E-state index is 12.7. The maximum Gasteiger partial charge on any atom is 0.312 e. The summed E-state index contributed by atoms with van der Waals surface area (Å²) >= 11 is 0. The number of benzene rings is 1. The molecule has 3 heterocycles. The first-order chi connectivity index (χ1) is 14.4. The van der Waals surface area contributed by atoms with E-state index in [1.54, 1.807) is 0 Å². The Bertz CT molecular complexity index is 915. The highest BCUT2D eigenvalue weighted by Crippen LogP contribution is 2.50. The van der Waals surface area contributed by atoms with Gasteiger partial charge in [0, 0.05) is 25.6 Å². The van der Waals surface area contributed by atoms with E-state index in [2.05, 4.69) is 4.90 Å². The Morgan fingerprint density at radius 2 is 2.07 bits per heavy atom. The minimum absolute atomic E-state index is 0.0272. The number of carbonyl (C=O) groups excluding carboxylic acids is 2. The number of methoxy groups -OCH3 is 1. The van der Waals surface area contributed by atoms with Crippen LogP contribution in [0.1, 0.15) is 38.2 Å². The fourth-order valence-corrected chi connectivity index (χ4v) is 6.28. The zero-order chi connectivity index (χ0) is 21.0. The second kappa shape index (κ2) is 7.17. The Labute approximate surface area is 176 Å². The van der Waals surface area contributed by atoms with Gasteiger partial charge >= 0.3 is 11.9 Å². The molecule has 7 nitrogen and oxygen atoms in total. The normalized spacial score (nSPS) is 37.2. The van der Waals surface area contributed by atoms with Crippen LogP contribution < -0.4 is 0 Å². The Kier molecular flexibility index (Phi) is 4.71. The lowest BCUT2D eigenvalue weighted by molar-refractivity contribution is -0.170. The van der Waals surface area contributed by atoms with Crippen LogP contribution in [-0.2, 0) is 24.7 Å². The zero-order valence-corrected chi connectivity index (χ0v) is 17.4. The predicted molar refractivity (Wildman–Crippen MR) is 109 cm³/mol. The van der Waals surface area contributed by atoms with Gasteiger partial charge in [0.15, 0.2) is 0 Å². The second-order valence-electron chi connectivity index (χ2n) is 9.07. The van der Waals surface area contributed by atoms with Crippen molar-refractivity contribution in [1.29, 1.82) is 0 Å². The van der Waals surface area contributed by atoms with Crippen molar-refractivity contribution in [3.63, 3.8) is 0 Å². The lowest BCUT2D eigenvalue weighted by atomic mass is 9.63. The molecule has 1 aliphatic carbocycles. The molecule has 1 saturated carbocycles. The van der Waals surface area contributed by atoms with Crippen LogP contribution in [0.25, 0.3) is 0 Å². The number of para-hydroxylation sites is 1. The average molecular weight is 412 g/mol. The monoisotopic (exact) mass is 412 g/mol. The first-order valence-electron chi connectivity index (χ1n) is 10.8. The van der Waals surface area contributed by atoms with E-state index in [9.17, 15) is 14.7 Å². The van der Waals surface area contributed by atoms with E-state index in [-0.39, 0.29) is 23.9 Å². The van der Waals surface area contributed by atoms with Gasteiger partial charge in [-0.25, -0.2) is 0 Å². The number of aliphatic imine (C=N–C) groups is 1. The number of ether oxygens (including phenoxy) is 2. The molecule has 1 N–H and O–H groups in total. The van der Waals surface area contributed by atoms with Crippen LogP contribution in [0.5, 0.6) is 0 Å². The fraction of sp³-hybridized carbons (Fsp3) is 0.609. The topological polar surface area (TPSA) is 88.4 Å². The number of fused-ring (bicyclic) bond motifs is 6. The molecule has 0 bridgehead atoms. The maximum atomic E-state index is 12.7. The third-order valence-corrected chi connectivity index (χ3v) is 7.58. The number of piperidine rings is 2. The highest BCUT2D eigenvalue weighted by atomic mass is 16.6. The first-order valence-corrected chi connectivity index (χ1v) is 10.8. The fourth-order valence-electron chi connectivity index (χ4n) is 6.28. The van der Waals surface area contributed by atoms with Gasteiger partial charge in [0.05, 0.1) is 30.5 Å². The van der Waals surface area contributed by atoms with Crippen molar-refractivity contribution in [3.05, 3.63) is 29.8 Å². The van der Waals surface area contributed by atoms with Crippen molar-refractivity contribution in [2.75, 3.05) is 20.2 Å². The van der Waals surface area contributed by atoms with E-state index in [0.717, 1.165) is 36.5 Å². The van der Waals surface area contributed by atoms with Gasteiger partial charge in [-0.3, -0.25) is 19.5 Å². The molecule has 5 rings (SSSR count). The van der Waals surface area contributed by atoms with E-state index in [1.807, 2.05) is 24.3 Å². The molecule has 1 aromatic rings. The van der Waals surface area contributed by atoms with Crippen LogP contribution in [0.2, 0.25) is 0 Å². The molecular weight excluding hydrogens is 384 g/mol. The number of esters is 2. The van der Waals surface area contributed by atoms with Crippen LogP contribution in [0, 0.1) is 17.8 Å². The molecule has 0 amide bonds. The van der Waals surface area contributed by atoms with Crippen LogP contribution in [0.15, 0.2) is 29.3 Å². The SMILES string of the molecule is COC(=O)[C@@H]1[C@H]2C[C@H]3C4=Nc5ccccc5[C@@]4(O)CCN3C[C@@H]2CC[C@@H]1OC(C)=O. The third-order valence-electron chi connectivity index (χ3n) is 7.58. The standard InChI is InChI=1S/C23H28N2O5/c1-13(26)30-19-8-7-14-12-25-10-9-23(28)16-5-3-4-6-17(16)24-21(23)18(25)11-15(14)20(19)22(27)29-2/h3-6,14-15,18-20,28H,7-12H2,1-2H3/t14-,15-,18-,19-,20+,23-/m0/s1. The van der Waals surface area contributed by atoms with Gasteiger partial charge < -0.3 is 14.6 Å². The molecule has 0 radical (unpaired) electrons. The average Bonchev–Trinajstić information content (AvgIpc) is 3.05. The smallest absolute Gasteiger partial charge is 0.312 e. The molecule has 7 heteroatoms. The summed E-state index contributed by atoms with van der Waals surface area (Å²) in [4.78, 5) is 31.6. The van der Waals surface area contributed by atoms with Crippen LogP contribution in [-0.4, -0.2) is 60.0 Å². The van der Waals surface area contributed by atoms with E-state index in [1.165, 1.54) is 14.0 Å². The summed E-state index contributed by atoms with van der Waals surface area (Å²) in [7, 11) is 1.39. The molecule has 6 atom stereocenters. The number of nitrogens with zero attached hydrogens (tertiary/aromatic N) is 2. The Morgan fingerprint density at radius 1 is 1.27 bits per heavy atom. The second-order valence-corrected chi connectivity index (χ2v) is 9.07. The highest BCUT2D eigenvalue weighted by molar-refractivity contribution is 6.04. The first kappa shape index (κ1) is 19.7. The van der Waals surface area contributed by atoms with Crippen LogP contribution in [0.4, 0.5) is 5.69 Å². The van der Waals surface area contributed by atoms with Crippen molar-refractivity contribution in [1.82, 2.24) is 4.90 Å². The van der Waals surface area contributed by atoms with Crippen molar-refractivity contribution in [2.24, 2.45) is 22.7 Å². The van der Waals surface area contributed by atoms with E-state index in [4.69, 9.17) is 14.5 Å². The van der Waals surface area contributed by atoms with Crippen molar-refractivity contribution >= 4 is 23.3 Å². The Balaban J connectivity index is 1.48. The Hall–Kier alpha value is -2.25. The lowest BCUT2D eigenvalue weighted by Crippen LogP contribution is -2.63. The van der Waals surface area contributed by atoms with Crippen LogP contribution >= 0.6 is 0 Å². The van der Waals surface area contributed by atoms with Gasteiger partial charge in [0.1, 0.15) is 11.7 Å². The van der Waals surface area contributed by atoms with Crippen LogP contribution in [0.3, 0.4) is 0 Å². The molecule has 0 aromatic heterocycles. The quantitative estimate of drug-likeness (QED) is 0.749. The molecule has 160 valence electrons. The molecule has 3 aliphatic heterocycles. The molecule has 2 saturated heterocycles. The van der Waals surface area contributed by atoms with Gasteiger partial charge in [-0.05, 0) is 43.6 Å². The van der Waals surface area contributed by atoms with Crippen molar-refractivity contribution in [3.8, 4) is 0 Å². The van der Waals surface area contributed by atoms with E-state index >= 15 is 0 Å². The van der Waals surface area contributed by atoms with Crippen molar-refractivity contribution < 1.29 is 24.2 Å². The van der Waals surface area contributed by atoms with E-state index < -0.39 is 17.6 Å². The molecule has 3 fully saturated rings. The van der Waals surface area contributed by atoms with E-state index in [0.29, 0.717) is 25.2 Å². The summed E-state index contributed by atoms with van der Waals surface area (Å²) in [6, 6.07) is 7.76. The van der Waals surface area contributed by atoms with Gasteiger partial charge in [-0.2, -0.15) is 0 Å². The zero-order valence-electron chi connectivity index (χ0n) is 17.4. The molecule has 0 unspecified atom stereocenters. The summed E-state index contributed by atoms with van der Waals surface area (Å²) in [6.07, 6.45) is 2.48. The minimum atomic E-state index is -1.03. The number of hydrogen-bond acceptors (Lipinski definition) is 7. The summed E-state index contributed by atoms with van der Waals surface area (Å²) in [5.74, 6) is -0.781. The third kappa shape index (κ3) is 2.90. The molecular formula is C23H28N2O5. The minimum Gasteiger partial charge on any atom is -0.469 e. The van der Waals surface area contributed by atoms with Crippen molar-refractivity contribution in [2.45, 2.75) is 50.4 Å². The predicted octanol–water partition coefficient (Wildman–Crippen LogP) is 2.19. The van der Waals surface area contributed by atoms with Gasteiger partial charge in [-0.15, -0.1) is 0 Å². The summed E-state index contributed by atoms with van der Waals surface area (Å²) in [5.41, 5.74) is 1.49. The van der Waals surface area contributed by atoms with Gasteiger partial charge in [0.25, 0.3) is 0 Å². The lowest BCUT2D eigenvalue weighted by Gasteiger charge is -2.53. The number of carbonyl (C=O) groups is 2. The largest absolute Gasteiger partial charge is 0.469 e. The number of rotatable bonds is 2. The number of aliphatic hydroxyl groups is 1. The molecule has 1 aromatic carbocycles. The van der Waals surface area contributed by atoms with Gasteiger partial charge in [0.2, 0.25) is 0 Å². The molecule has 0 spiro atoms.